The van der Waals surface area contributed by atoms with E-state index in [9.17, 15) is 14.7 Å². The van der Waals surface area contributed by atoms with Gasteiger partial charge in [0.15, 0.2) is 6.10 Å². The molecule has 0 bridgehead atoms. The van der Waals surface area contributed by atoms with Gasteiger partial charge in [0.25, 0.3) is 0 Å². The first-order chi connectivity index (χ1) is 18.6. The monoisotopic (exact) mass is 536 g/mol. The number of hydrogen-bond acceptors (Lipinski definition) is 5. The number of allylic oxidation sites excluding steroid dienone is 4. The minimum absolute atomic E-state index is 0.0720. The zero-order valence-electron chi connectivity index (χ0n) is 24.9. The standard InChI is InChI=1S/C33H60O5/c1-3-5-7-9-11-13-14-15-16-17-18-20-21-23-25-27-32(35)37-30-31(29-34)38-33(36)28-26-24-22-19-12-10-8-6-4-2/h6,8,15-16,31,34H,3-5,7,9-14,17-30H2,1-2H3/b8-6-,16-15+/t31-/m0/s1. The van der Waals surface area contributed by atoms with Crippen LogP contribution in [-0.4, -0.2) is 36.4 Å². The van der Waals surface area contributed by atoms with Gasteiger partial charge in [-0.05, 0) is 57.8 Å². The molecule has 0 rings (SSSR count). The lowest BCUT2D eigenvalue weighted by Gasteiger charge is -2.15. The van der Waals surface area contributed by atoms with Crippen LogP contribution in [0.5, 0.6) is 0 Å². The number of ether oxygens (including phenoxy) is 2. The Labute approximate surface area is 234 Å². The van der Waals surface area contributed by atoms with Crippen LogP contribution in [0.1, 0.15) is 155 Å². The Balaban J connectivity index is 3.59. The largest absolute Gasteiger partial charge is 0.462 e. The molecule has 222 valence electrons. The minimum atomic E-state index is -0.772. The van der Waals surface area contributed by atoms with Gasteiger partial charge < -0.3 is 14.6 Å². The fourth-order valence-electron chi connectivity index (χ4n) is 4.31. The maximum Gasteiger partial charge on any atom is 0.306 e. The number of esters is 2. The molecule has 1 atom stereocenters. The quantitative estimate of drug-likeness (QED) is 0.0613. The van der Waals surface area contributed by atoms with Crippen molar-refractivity contribution in [2.45, 2.75) is 161 Å². The van der Waals surface area contributed by atoms with E-state index in [4.69, 9.17) is 9.47 Å². The Kier molecular flexibility index (Phi) is 28.7. The van der Waals surface area contributed by atoms with E-state index in [1.807, 2.05) is 0 Å². The molecule has 0 fully saturated rings. The van der Waals surface area contributed by atoms with E-state index in [1.54, 1.807) is 0 Å². The molecule has 1 N–H and O–H groups in total. The average Bonchev–Trinajstić information content (AvgIpc) is 2.92. The van der Waals surface area contributed by atoms with E-state index < -0.39 is 6.10 Å². The van der Waals surface area contributed by atoms with Crippen LogP contribution in [0.2, 0.25) is 0 Å². The first-order valence-electron chi connectivity index (χ1n) is 15.9. The van der Waals surface area contributed by atoms with E-state index in [-0.39, 0.29) is 25.2 Å². The Morgan fingerprint density at radius 2 is 1.05 bits per heavy atom. The van der Waals surface area contributed by atoms with Gasteiger partial charge in [-0.15, -0.1) is 0 Å². The number of aliphatic hydroxyl groups excluding tert-OH is 1. The number of aliphatic hydroxyl groups is 1. The van der Waals surface area contributed by atoms with Crippen molar-refractivity contribution in [1.82, 2.24) is 0 Å². The predicted octanol–water partition coefficient (Wildman–Crippen LogP) is 9.17. The molecular weight excluding hydrogens is 476 g/mol. The second-order valence-electron chi connectivity index (χ2n) is 10.5. The summed E-state index contributed by atoms with van der Waals surface area (Å²) in [5.74, 6) is -0.617. The van der Waals surface area contributed by atoms with Crippen molar-refractivity contribution in [2.24, 2.45) is 0 Å². The molecule has 0 radical (unpaired) electrons. The van der Waals surface area contributed by atoms with Crippen LogP contribution in [0.25, 0.3) is 0 Å². The summed E-state index contributed by atoms with van der Waals surface area (Å²) in [6.45, 7) is 3.99. The molecule has 0 aromatic carbocycles. The molecule has 0 spiro atoms. The molecule has 0 aliphatic carbocycles. The van der Waals surface area contributed by atoms with Crippen molar-refractivity contribution in [2.75, 3.05) is 13.2 Å². The second kappa shape index (κ2) is 29.9. The molecule has 0 aliphatic heterocycles. The number of rotatable bonds is 28. The summed E-state index contributed by atoms with van der Waals surface area (Å²) in [6.07, 6.45) is 32.4. The van der Waals surface area contributed by atoms with Gasteiger partial charge in [0, 0.05) is 12.8 Å². The topological polar surface area (TPSA) is 72.8 Å². The highest BCUT2D eigenvalue weighted by Crippen LogP contribution is 2.11. The summed E-state index contributed by atoms with van der Waals surface area (Å²) < 4.78 is 10.5. The normalized spacial score (nSPS) is 12.4. The highest BCUT2D eigenvalue weighted by molar-refractivity contribution is 5.70. The average molecular weight is 537 g/mol. The van der Waals surface area contributed by atoms with E-state index in [1.165, 1.54) is 70.6 Å². The van der Waals surface area contributed by atoms with Crippen molar-refractivity contribution in [1.29, 1.82) is 0 Å². The lowest BCUT2D eigenvalue weighted by atomic mass is 10.1. The lowest BCUT2D eigenvalue weighted by molar-refractivity contribution is -0.161. The molecule has 0 unspecified atom stereocenters. The summed E-state index contributed by atoms with van der Waals surface area (Å²) in [6, 6.07) is 0. The number of carbonyl (C=O) groups excluding carboxylic acids is 2. The SMILES string of the molecule is CC/C=C\CCCCCCCC(=O)O[C@@H](CO)COC(=O)CCCCCCC/C=C/CCCCCCCC. The van der Waals surface area contributed by atoms with Crippen LogP contribution in [0.4, 0.5) is 0 Å². The lowest BCUT2D eigenvalue weighted by Crippen LogP contribution is -2.28. The van der Waals surface area contributed by atoms with Gasteiger partial charge in [-0.3, -0.25) is 9.59 Å². The first-order valence-corrected chi connectivity index (χ1v) is 15.9. The molecule has 0 aromatic rings. The van der Waals surface area contributed by atoms with Crippen LogP contribution in [0.15, 0.2) is 24.3 Å². The van der Waals surface area contributed by atoms with Gasteiger partial charge in [0.1, 0.15) is 6.61 Å². The van der Waals surface area contributed by atoms with Gasteiger partial charge in [-0.1, -0.05) is 109 Å². The number of unbranched alkanes of at least 4 members (excludes halogenated alkanes) is 16. The minimum Gasteiger partial charge on any atom is -0.462 e. The molecule has 0 aliphatic rings. The van der Waals surface area contributed by atoms with E-state index in [2.05, 4.69) is 38.2 Å². The third kappa shape index (κ3) is 27.4. The maximum absolute atomic E-state index is 12.0. The Morgan fingerprint density at radius 1 is 0.605 bits per heavy atom. The Hall–Kier alpha value is -1.62. The summed E-state index contributed by atoms with van der Waals surface area (Å²) in [4.78, 5) is 24.0. The van der Waals surface area contributed by atoms with Crippen molar-refractivity contribution in [3.8, 4) is 0 Å². The van der Waals surface area contributed by atoms with Crippen molar-refractivity contribution >= 4 is 11.9 Å². The zero-order chi connectivity index (χ0) is 27.9. The molecule has 5 heteroatoms. The molecule has 0 saturated heterocycles. The molecule has 0 aromatic heterocycles. The molecule has 0 saturated carbocycles. The van der Waals surface area contributed by atoms with Crippen LogP contribution >= 0.6 is 0 Å². The summed E-state index contributed by atoms with van der Waals surface area (Å²) in [7, 11) is 0. The highest BCUT2D eigenvalue weighted by Gasteiger charge is 2.16. The van der Waals surface area contributed by atoms with Crippen LogP contribution in [-0.2, 0) is 19.1 Å². The van der Waals surface area contributed by atoms with Crippen LogP contribution in [0, 0.1) is 0 Å². The molecule has 0 amide bonds. The first kappa shape index (κ1) is 36.4. The van der Waals surface area contributed by atoms with Crippen LogP contribution < -0.4 is 0 Å². The van der Waals surface area contributed by atoms with Crippen molar-refractivity contribution < 1.29 is 24.2 Å². The highest BCUT2D eigenvalue weighted by atomic mass is 16.6. The number of carbonyl (C=O) groups is 2. The second-order valence-corrected chi connectivity index (χ2v) is 10.5. The van der Waals surface area contributed by atoms with Crippen LogP contribution in [0.3, 0.4) is 0 Å². The fourth-order valence-corrected chi connectivity index (χ4v) is 4.31. The van der Waals surface area contributed by atoms with Gasteiger partial charge >= 0.3 is 11.9 Å². The molecule has 5 nitrogen and oxygen atoms in total. The molecular formula is C33H60O5. The predicted molar refractivity (Wildman–Crippen MR) is 159 cm³/mol. The van der Waals surface area contributed by atoms with E-state index in [0.717, 1.165) is 57.8 Å². The number of hydrogen-bond donors (Lipinski definition) is 1. The van der Waals surface area contributed by atoms with E-state index in [0.29, 0.717) is 12.8 Å². The van der Waals surface area contributed by atoms with E-state index >= 15 is 0 Å². The Morgan fingerprint density at radius 3 is 1.55 bits per heavy atom. The van der Waals surface area contributed by atoms with Gasteiger partial charge in [-0.2, -0.15) is 0 Å². The van der Waals surface area contributed by atoms with Gasteiger partial charge in [-0.25, -0.2) is 0 Å². The van der Waals surface area contributed by atoms with Gasteiger partial charge in [0.05, 0.1) is 6.61 Å². The fraction of sp³-hybridized carbons (Fsp3) is 0.818. The zero-order valence-corrected chi connectivity index (χ0v) is 24.9. The molecule has 38 heavy (non-hydrogen) atoms. The van der Waals surface area contributed by atoms with Crippen molar-refractivity contribution in [3.05, 3.63) is 24.3 Å². The van der Waals surface area contributed by atoms with Crippen molar-refractivity contribution in [3.63, 3.8) is 0 Å². The van der Waals surface area contributed by atoms with Gasteiger partial charge in [0.2, 0.25) is 0 Å². The molecule has 0 heterocycles. The third-order valence-corrected chi connectivity index (χ3v) is 6.73. The Bertz CT molecular complexity index is 584. The summed E-state index contributed by atoms with van der Waals surface area (Å²) in [5, 5.41) is 9.46. The summed E-state index contributed by atoms with van der Waals surface area (Å²) in [5.41, 5.74) is 0. The summed E-state index contributed by atoms with van der Waals surface area (Å²) >= 11 is 0. The third-order valence-electron chi connectivity index (χ3n) is 6.73. The maximum atomic E-state index is 12.0. The smallest absolute Gasteiger partial charge is 0.306 e.